The Morgan fingerprint density at radius 3 is 2.75 bits per heavy atom. The van der Waals surface area contributed by atoms with Crippen LogP contribution >= 0.6 is 0 Å². The molecule has 0 fully saturated rings. The minimum absolute atomic E-state index is 0.00987. The summed E-state index contributed by atoms with van der Waals surface area (Å²) in [6, 6.07) is 3.69. The van der Waals surface area contributed by atoms with Crippen LogP contribution in [0.3, 0.4) is 0 Å². The molecule has 1 aromatic carbocycles. The standard InChI is InChI=1S/C15H20N2O3/c1-4-10(5-2)15(19)17-12-7-9(3)6-11-14(12)20-8-13(18)16-11/h6-7,10H,4-5,8H2,1-3H3,(H,16,18)(H,17,19). The molecule has 108 valence electrons. The van der Waals surface area contributed by atoms with Crippen LogP contribution in [-0.2, 0) is 9.59 Å². The highest BCUT2D eigenvalue weighted by molar-refractivity contribution is 6.00. The number of benzene rings is 1. The Hall–Kier alpha value is -2.04. The SMILES string of the molecule is CCC(CC)C(=O)Nc1cc(C)cc2c1OCC(=O)N2. The fraction of sp³-hybridized carbons (Fsp3) is 0.467. The molecule has 1 aromatic rings. The van der Waals surface area contributed by atoms with Crippen molar-refractivity contribution < 1.29 is 14.3 Å². The van der Waals surface area contributed by atoms with Gasteiger partial charge >= 0.3 is 0 Å². The Bertz CT molecular complexity index is 536. The number of ether oxygens (including phenoxy) is 1. The molecule has 20 heavy (non-hydrogen) atoms. The zero-order valence-corrected chi connectivity index (χ0v) is 12.1. The van der Waals surface area contributed by atoms with E-state index in [2.05, 4.69) is 10.6 Å². The van der Waals surface area contributed by atoms with Crippen LogP contribution in [0.25, 0.3) is 0 Å². The lowest BCUT2D eigenvalue weighted by Crippen LogP contribution is -2.27. The van der Waals surface area contributed by atoms with E-state index in [1.165, 1.54) is 0 Å². The van der Waals surface area contributed by atoms with E-state index in [0.29, 0.717) is 17.1 Å². The first-order valence-corrected chi connectivity index (χ1v) is 6.93. The molecule has 1 heterocycles. The van der Waals surface area contributed by atoms with Gasteiger partial charge in [-0.15, -0.1) is 0 Å². The Balaban J connectivity index is 2.28. The van der Waals surface area contributed by atoms with E-state index in [4.69, 9.17) is 4.74 Å². The lowest BCUT2D eigenvalue weighted by Gasteiger charge is -2.22. The molecule has 2 rings (SSSR count). The zero-order valence-electron chi connectivity index (χ0n) is 12.1. The highest BCUT2D eigenvalue weighted by atomic mass is 16.5. The minimum atomic E-state index is -0.180. The van der Waals surface area contributed by atoms with Crippen LogP contribution in [0.15, 0.2) is 12.1 Å². The maximum absolute atomic E-state index is 12.2. The largest absolute Gasteiger partial charge is 0.479 e. The van der Waals surface area contributed by atoms with Crippen molar-refractivity contribution in [2.24, 2.45) is 5.92 Å². The van der Waals surface area contributed by atoms with E-state index < -0.39 is 0 Å². The molecule has 2 amide bonds. The van der Waals surface area contributed by atoms with E-state index >= 15 is 0 Å². The Kier molecular flexibility index (Phi) is 4.27. The molecule has 2 N–H and O–H groups in total. The number of amides is 2. The van der Waals surface area contributed by atoms with Crippen LogP contribution in [0, 0.1) is 12.8 Å². The monoisotopic (exact) mass is 276 g/mol. The number of nitrogens with one attached hydrogen (secondary N) is 2. The zero-order chi connectivity index (χ0) is 14.7. The number of hydrogen-bond acceptors (Lipinski definition) is 3. The van der Waals surface area contributed by atoms with Gasteiger partial charge in [-0.2, -0.15) is 0 Å². The molecule has 1 aliphatic rings. The smallest absolute Gasteiger partial charge is 0.262 e. The van der Waals surface area contributed by atoms with Gasteiger partial charge in [0.25, 0.3) is 5.91 Å². The van der Waals surface area contributed by atoms with Gasteiger partial charge < -0.3 is 15.4 Å². The van der Waals surface area contributed by atoms with Gasteiger partial charge in [-0.05, 0) is 37.5 Å². The Morgan fingerprint density at radius 2 is 2.10 bits per heavy atom. The molecule has 0 aliphatic carbocycles. The fourth-order valence-corrected chi connectivity index (χ4v) is 2.33. The third-order valence-corrected chi connectivity index (χ3v) is 3.47. The molecule has 0 unspecified atom stereocenters. The van der Waals surface area contributed by atoms with Gasteiger partial charge in [-0.25, -0.2) is 0 Å². The van der Waals surface area contributed by atoms with Crippen LogP contribution in [-0.4, -0.2) is 18.4 Å². The summed E-state index contributed by atoms with van der Waals surface area (Å²) in [5.41, 5.74) is 2.19. The van der Waals surface area contributed by atoms with Crippen molar-refractivity contribution in [2.75, 3.05) is 17.2 Å². The molecule has 0 bridgehead atoms. The van der Waals surface area contributed by atoms with Gasteiger partial charge in [0.2, 0.25) is 5.91 Å². The summed E-state index contributed by atoms with van der Waals surface area (Å²) in [5.74, 6) is 0.336. The van der Waals surface area contributed by atoms with Gasteiger partial charge in [0, 0.05) is 5.92 Å². The topological polar surface area (TPSA) is 67.4 Å². The molecule has 0 saturated heterocycles. The van der Waals surface area contributed by atoms with E-state index in [-0.39, 0.29) is 24.3 Å². The first-order valence-electron chi connectivity index (χ1n) is 6.93. The van der Waals surface area contributed by atoms with E-state index in [0.717, 1.165) is 18.4 Å². The van der Waals surface area contributed by atoms with Crippen LogP contribution in [0.1, 0.15) is 32.3 Å². The fourth-order valence-electron chi connectivity index (χ4n) is 2.33. The van der Waals surface area contributed by atoms with Crippen LogP contribution in [0.2, 0.25) is 0 Å². The summed E-state index contributed by atoms with van der Waals surface area (Å²) < 4.78 is 5.44. The highest BCUT2D eigenvalue weighted by Crippen LogP contribution is 2.37. The molecule has 0 saturated carbocycles. The van der Waals surface area contributed by atoms with E-state index in [9.17, 15) is 9.59 Å². The molecule has 5 heteroatoms. The second kappa shape index (κ2) is 5.94. The van der Waals surface area contributed by atoms with Crippen molar-refractivity contribution >= 4 is 23.2 Å². The number of aryl methyl sites for hydroxylation is 1. The first-order chi connectivity index (χ1) is 9.55. The average Bonchev–Trinajstić information content (AvgIpc) is 2.39. The summed E-state index contributed by atoms with van der Waals surface area (Å²) in [6.07, 6.45) is 1.60. The van der Waals surface area contributed by atoms with E-state index in [1.807, 2.05) is 32.9 Å². The minimum Gasteiger partial charge on any atom is -0.479 e. The normalized spacial score (nSPS) is 13.5. The number of anilines is 2. The van der Waals surface area contributed by atoms with Crippen molar-refractivity contribution in [2.45, 2.75) is 33.6 Å². The van der Waals surface area contributed by atoms with Gasteiger partial charge in [-0.1, -0.05) is 13.8 Å². The van der Waals surface area contributed by atoms with Crippen molar-refractivity contribution in [3.05, 3.63) is 17.7 Å². The molecule has 0 aromatic heterocycles. The Labute approximate surface area is 118 Å². The second-order valence-corrected chi connectivity index (χ2v) is 5.03. The van der Waals surface area contributed by atoms with E-state index in [1.54, 1.807) is 0 Å². The number of rotatable bonds is 4. The summed E-state index contributed by atoms with van der Waals surface area (Å²) >= 11 is 0. The number of carbonyl (C=O) groups is 2. The third kappa shape index (κ3) is 2.92. The Morgan fingerprint density at radius 1 is 1.40 bits per heavy atom. The number of fused-ring (bicyclic) bond motifs is 1. The maximum atomic E-state index is 12.2. The van der Waals surface area contributed by atoms with Crippen molar-refractivity contribution in [1.82, 2.24) is 0 Å². The predicted molar refractivity (Wildman–Crippen MR) is 78.0 cm³/mol. The lowest BCUT2D eigenvalue weighted by molar-refractivity contribution is -0.120. The summed E-state index contributed by atoms with van der Waals surface area (Å²) in [7, 11) is 0. The van der Waals surface area contributed by atoms with Gasteiger partial charge in [0.05, 0.1) is 11.4 Å². The molecule has 0 atom stereocenters. The van der Waals surface area contributed by atoms with Crippen molar-refractivity contribution in [3.63, 3.8) is 0 Å². The van der Waals surface area contributed by atoms with Gasteiger partial charge in [0.1, 0.15) is 0 Å². The second-order valence-electron chi connectivity index (χ2n) is 5.03. The van der Waals surface area contributed by atoms with Crippen LogP contribution in [0.4, 0.5) is 11.4 Å². The quantitative estimate of drug-likeness (QED) is 0.888. The number of carbonyl (C=O) groups excluding carboxylic acids is 2. The molecular formula is C15H20N2O3. The molecule has 5 nitrogen and oxygen atoms in total. The first kappa shape index (κ1) is 14.4. The van der Waals surface area contributed by atoms with Crippen molar-refractivity contribution in [1.29, 1.82) is 0 Å². The van der Waals surface area contributed by atoms with Gasteiger partial charge in [0.15, 0.2) is 12.4 Å². The summed E-state index contributed by atoms with van der Waals surface area (Å²) in [5, 5.41) is 5.67. The van der Waals surface area contributed by atoms with Crippen LogP contribution in [0.5, 0.6) is 5.75 Å². The molecular weight excluding hydrogens is 256 g/mol. The summed E-state index contributed by atoms with van der Waals surface area (Å²) in [4.78, 5) is 23.5. The lowest BCUT2D eigenvalue weighted by atomic mass is 10.0. The summed E-state index contributed by atoms with van der Waals surface area (Å²) in [6.45, 7) is 5.88. The van der Waals surface area contributed by atoms with Gasteiger partial charge in [-0.3, -0.25) is 9.59 Å². The van der Waals surface area contributed by atoms with Crippen molar-refractivity contribution in [3.8, 4) is 5.75 Å². The average molecular weight is 276 g/mol. The molecule has 0 radical (unpaired) electrons. The highest BCUT2D eigenvalue weighted by Gasteiger charge is 2.22. The predicted octanol–water partition coefficient (Wildman–Crippen LogP) is 2.70. The number of hydrogen-bond donors (Lipinski definition) is 2. The maximum Gasteiger partial charge on any atom is 0.262 e. The van der Waals surface area contributed by atoms with Crippen LogP contribution < -0.4 is 15.4 Å². The molecule has 0 spiro atoms. The third-order valence-electron chi connectivity index (χ3n) is 3.47. The molecule has 1 aliphatic heterocycles.